The van der Waals surface area contributed by atoms with E-state index in [4.69, 9.17) is 18.9 Å². The highest BCUT2D eigenvalue weighted by Gasteiger charge is 2.05. The van der Waals surface area contributed by atoms with Crippen molar-refractivity contribution in [3.05, 3.63) is 23.8 Å². The van der Waals surface area contributed by atoms with Gasteiger partial charge in [-0.25, -0.2) is 0 Å². The van der Waals surface area contributed by atoms with E-state index in [-0.39, 0.29) is 0 Å². The van der Waals surface area contributed by atoms with Crippen molar-refractivity contribution in [3.63, 3.8) is 0 Å². The van der Waals surface area contributed by atoms with Crippen LogP contribution in [-0.2, 0) is 9.47 Å². The maximum atomic E-state index is 10.7. The number of carbonyl (C=O) groups is 1. The molecule has 0 aliphatic heterocycles. The first-order valence-electron chi connectivity index (χ1n) is 6.14. The van der Waals surface area contributed by atoms with E-state index in [1.54, 1.807) is 32.4 Å². The molecule has 0 N–H and O–H groups in total. The predicted octanol–water partition coefficient (Wildman–Crippen LogP) is 1.94. The monoisotopic (exact) mass is 268 g/mol. The molecule has 1 aromatic rings. The van der Waals surface area contributed by atoms with Gasteiger partial charge in [-0.05, 0) is 18.2 Å². The Labute approximate surface area is 113 Å². The van der Waals surface area contributed by atoms with Crippen LogP contribution < -0.4 is 9.47 Å². The van der Waals surface area contributed by atoms with Crippen LogP contribution >= 0.6 is 0 Å². The molecule has 1 aromatic carbocycles. The summed E-state index contributed by atoms with van der Waals surface area (Å²) in [5.41, 5.74) is 0.562. The summed E-state index contributed by atoms with van der Waals surface area (Å²) in [6, 6.07) is 5.07. The second-order valence-electron chi connectivity index (χ2n) is 3.84. The quantitative estimate of drug-likeness (QED) is 0.479. The van der Waals surface area contributed by atoms with Gasteiger partial charge in [0, 0.05) is 25.7 Å². The molecule has 0 unspecified atom stereocenters. The Bertz CT molecular complexity index is 378. The molecule has 0 amide bonds. The van der Waals surface area contributed by atoms with Crippen LogP contribution in [0.1, 0.15) is 16.8 Å². The van der Waals surface area contributed by atoms with Gasteiger partial charge >= 0.3 is 0 Å². The lowest BCUT2D eigenvalue weighted by Gasteiger charge is -2.11. The SMILES string of the molecule is COCCOCCCOc1cc(C=O)ccc1OC. The average Bonchev–Trinajstić information content (AvgIpc) is 2.46. The molecule has 0 spiro atoms. The summed E-state index contributed by atoms with van der Waals surface area (Å²) in [6.07, 6.45) is 1.54. The molecular formula is C14H20O5. The van der Waals surface area contributed by atoms with E-state index in [9.17, 15) is 4.79 Å². The van der Waals surface area contributed by atoms with Gasteiger partial charge in [0.1, 0.15) is 6.29 Å². The molecule has 1 rings (SSSR count). The van der Waals surface area contributed by atoms with E-state index < -0.39 is 0 Å². The largest absolute Gasteiger partial charge is 0.493 e. The lowest BCUT2D eigenvalue weighted by molar-refractivity contribution is 0.0643. The predicted molar refractivity (Wildman–Crippen MR) is 71.2 cm³/mol. The first kappa shape index (κ1) is 15.5. The van der Waals surface area contributed by atoms with Crippen LogP contribution in [0.15, 0.2) is 18.2 Å². The summed E-state index contributed by atoms with van der Waals surface area (Å²) >= 11 is 0. The maximum absolute atomic E-state index is 10.7. The van der Waals surface area contributed by atoms with Crippen molar-refractivity contribution in [2.24, 2.45) is 0 Å². The zero-order valence-electron chi connectivity index (χ0n) is 11.4. The third-order valence-electron chi connectivity index (χ3n) is 2.45. The molecule has 5 heteroatoms. The minimum atomic E-state index is 0.506. The summed E-state index contributed by atoms with van der Waals surface area (Å²) in [6.45, 7) is 2.29. The van der Waals surface area contributed by atoms with E-state index >= 15 is 0 Å². The Morgan fingerprint density at radius 3 is 2.58 bits per heavy atom. The number of carbonyl (C=O) groups excluding carboxylic acids is 1. The van der Waals surface area contributed by atoms with E-state index in [2.05, 4.69) is 0 Å². The molecule has 0 saturated heterocycles. The maximum Gasteiger partial charge on any atom is 0.161 e. The molecular weight excluding hydrogens is 248 g/mol. The standard InChI is InChI=1S/C14H20O5/c1-16-8-9-18-6-3-7-19-14-10-12(11-15)4-5-13(14)17-2/h4-5,10-11H,3,6-9H2,1-2H3. The Morgan fingerprint density at radius 2 is 1.89 bits per heavy atom. The number of methoxy groups -OCH3 is 2. The molecule has 5 nitrogen and oxygen atoms in total. The topological polar surface area (TPSA) is 54.0 Å². The fourth-order valence-corrected chi connectivity index (χ4v) is 1.47. The van der Waals surface area contributed by atoms with Crippen LogP contribution in [0.2, 0.25) is 0 Å². The number of hydrogen-bond donors (Lipinski definition) is 0. The highest BCUT2D eigenvalue weighted by Crippen LogP contribution is 2.27. The van der Waals surface area contributed by atoms with E-state index in [1.807, 2.05) is 0 Å². The van der Waals surface area contributed by atoms with Gasteiger partial charge in [0.2, 0.25) is 0 Å². The van der Waals surface area contributed by atoms with Gasteiger partial charge in [-0.2, -0.15) is 0 Å². The number of benzene rings is 1. The molecule has 0 saturated carbocycles. The second kappa shape index (κ2) is 9.35. The van der Waals surface area contributed by atoms with Gasteiger partial charge in [-0.3, -0.25) is 4.79 Å². The third kappa shape index (κ3) is 5.72. The minimum Gasteiger partial charge on any atom is -0.493 e. The Morgan fingerprint density at radius 1 is 1.05 bits per heavy atom. The van der Waals surface area contributed by atoms with Crippen LogP contribution in [0.4, 0.5) is 0 Å². The number of hydrogen-bond acceptors (Lipinski definition) is 5. The van der Waals surface area contributed by atoms with Crippen molar-refractivity contribution in [2.45, 2.75) is 6.42 Å². The van der Waals surface area contributed by atoms with Gasteiger partial charge in [0.05, 0.1) is 26.9 Å². The van der Waals surface area contributed by atoms with Crippen molar-refractivity contribution in [3.8, 4) is 11.5 Å². The zero-order chi connectivity index (χ0) is 13.9. The molecule has 19 heavy (non-hydrogen) atoms. The first-order valence-corrected chi connectivity index (χ1v) is 6.14. The molecule has 0 heterocycles. The molecule has 0 fully saturated rings. The van der Waals surface area contributed by atoms with E-state index in [0.29, 0.717) is 43.5 Å². The molecule has 0 aliphatic rings. The zero-order valence-corrected chi connectivity index (χ0v) is 11.4. The lowest BCUT2D eigenvalue weighted by Crippen LogP contribution is -2.07. The summed E-state index contributed by atoms with van der Waals surface area (Å²) in [4.78, 5) is 10.7. The Kier molecular flexibility index (Phi) is 7.62. The van der Waals surface area contributed by atoms with Crippen LogP contribution in [0, 0.1) is 0 Å². The van der Waals surface area contributed by atoms with Crippen molar-refractivity contribution in [1.82, 2.24) is 0 Å². The third-order valence-corrected chi connectivity index (χ3v) is 2.45. The van der Waals surface area contributed by atoms with Crippen molar-refractivity contribution >= 4 is 6.29 Å². The average molecular weight is 268 g/mol. The minimum absolute atomic E-state index is 0.506. The van der Waals surface area contributed by atoms with Crippen LogP contribution in [0.5, 0.6) is 11.5 Å². The van der Waals surface area contributed by atoms with Crippen LogP contribution in [0.25, 0.3) is 0 Å². The fourth-order valence-electron chi connectivity index (χ4n) is 1.47. The summed E-state index contributed by atoms with van der Waals surface area (Å²) in [5, 5.41) is 0. The van der Waals surface area contributed by atoms with Crippen molar-refractivity contribution < 1.29 is 23.7 Å². The van der Waals surface area contributed by atoms with Gasteiger partial charge in [-0.1, -0.05) is 0 Å². The van der Waals surface area contributed by atoms with Crippen LogP contribution in [-0.4, -0.2) is 46.9 Å². The van der Waals surface area contributed by atoms with Crippen molar-refractivity contribution in [1.29, 1.82) is 0 Å². The molecule has 0 bridgehead atoms. The van der Waals surface area contributed by atoms with Crippen molar-refractivity contribution in [2.75, 3.05) is 40.6 Å². The molecule has 0 radical (unpaired) electrons. The van der Waals surface area contributed by atoms with E-state index in [0.717, 1.165) is 12.7 Å². The number of aldehydes is 1. The number of rotatable bonds is 10. The molecule has 106 valence electrons. The van der Waals surface area contributed by atoms with Gasteiger partial charge < -0.3 is 18.9 Å². The van der Waals surface area contributed by atoms with Gasteiger partial charge in [0.25, 0.3) is 0 Å². The lowest BCUT2D eigenvalue weighted by atomic mass is 10.2. The van der Waals surface area contributed by atoms with Crippen LogP contribution in [0.3, 0.4) is 0 Å². The Balaban J connectivity index is 2.33. The molecule has 0 aliphatic carbocycles. The Hall–Kier alpha value is -1.59. The normalized spacial score (nSPS) is 10.2. The van der Waals surface area contributed by atoms with E-state index in [1.165, 1.54) is 0 Å². The highest BCUT2D eigenvalue weighted by atomic mass is 16.5. The number of ether oxygens (including phenoxy) is 4. The molecule has 0 atom stereocenters. The summed E-state index contributed by atoms with van der Waals surface area (Å²) in [5.74, 6) is 1.19. The first-order chi connectivity index (χ1) is 9.31. The molecule has 0 aromatic heterocycles. The second-order valence-corrected chi connectivity index (χ2v) is 3.84. The van der Waals surface area contributed by atoms with Gasteiger partial charge in [0.15, 0.2) is 11.5 Å². The smallest absolute Gasteiger partial charge is 0.161 e. The summed E-state index contributed by atoms with van der Waals surface area (Å²) in [7, 11) is 3.20. The highest BCUT2D eigenvalue weighted by molar-refractivity contribution is 5.76. The summed E-state index contributed by atoms with van der Waals surface area (Å²) < 4.78 is 20.9. The van der Waals surface area contributed by atoms with Gasteiger partial charge in [-0.15, -0.1) is 0 Å². The fraction of sp³-hybridized carbons (Fsp3) is 0.500.